The van der Waals surface area contributed by atoms with Gasteiger partial charge in [0, 0.05) is 6.61 Å². The van der Waals surface area contributed by atoms with Gasteiger partial charge in [-0.15, -0.1) is 0 Å². The van der Waals surface area contributed by atoms with E-state index in [-0.39, 0.29) is 0 Å². The molecule has 0 N–H and O–H groups in total. The van der Waals surface area contributed by atoms with Gasteiger partial charge in [-0.3, -0.25) is 0 Å². The van der Waals surface area contributed by atoms with Gasteiger partial charge in [-0.05, 0) is 43.3 Å². The minimum absolute atomic E-state index is 0.339. The van der Waals surface area contributed by atoms with Crippen molar-refractivity contribution in [3.8, 4) is 0 Å². The van der Waals surface area contributed by atoms with Crippen LogP contribution in [0.5, 0.6) is 0 Å². The number of allylic oxidation sites excluding steroid dienone is 1. The Morgan fingerprint density at radius 3 is 2.47 bits per heavy atom. The third-order valence-electron chi connectivity index (χ3n) is 3.82. The molecule has 0 saturated heterocycles. The molecule has 0 bridgehead atoms. The molecular weight excluding hydrogens is 200 g/mol. The van der Waals surface area contributed by atoms with Crippen molar-refractivity contribution in [3.63, 3.8) is 0 Å². The van der Waals surface area contributed by atoms with Crippen molar-refractivity contribution in [2.24, 2.45) is 5.92 Å². The van der Waals surface area contributed by atoms with E-state index in [9.17, 15) is 0 Å². The topological polar surface area (TPSA) is 9.23 Å². The summed E-state index contributed by atoms with van der Waals surface area (Å²) >= 11 is 0. The molecule has 88 valence electrons. The largest absolute Gasteiger partial charge is 0.416 e. The van der Waals surface area contributed by atoms with Crippen molar-refractivity contribution < 1.29 is 4.43 Å². The molecule has 1 unspecified atom stereocenters. The second-order valence-corrected chi connectivity index (χ2v) is 11.0. The fourth-order valence-electron chi connectivity index (χ4n) is 1.55. The van der Waals surface area contributed by atoms with Gasteiger partial charge < -0.3 is 4.43 Å². The molecule has 1 nitrogen and oxygen atoms in total. The van der Waals surface area contributed by atoms with Gasteiger partial charge in [-0.1, -0.05) is 32.9 Å². The molecule has 0 radical (unpaired) electrons. The molecule has 0 aromatic carbocycles. The summed E-state index contributed by atoms with van der Waals surface area (Å²) in [5.41, 5.74) is 0. The lowest BCUT2D eigenvalue weighted by Gasteiger charge is -2.37. The van der Waals surface area contributed by atoms with Crippen LogP contribution in [0.3, 0.4) is 0 Å². The molecule has 0 aromatic rings. The fourth-order valence-corrected chi connectivity index (χ4v) is 2.62. The molecule has 15 heavy (non-hydrogen) atoms. The summed E-state index contributed by atoms with van der Waals surface area (Å²) in [6, 6.07) is 0. The summed E-state index contributed by atoms with van der Waals surface area (Å²) in [6.07, 6.45) is 8.56. The van der Waals surface area contributed by atoms with Crippen LogP contribution in [0.1, 0.15) is 40.0 Å². The van der Waals surface area contributed by atoms with E-state index in [1.165, 1.54) is 19.3 Å². The van der Waals surface area contributed by atoms with Gasteiger partial charge in [-0.2, -0.15) is 0 Å². The van der Waals surface area contributed by atoms with Gasteiger partial charge in [0.05, 0.1) is 0 Å². The van der Waals surface area contributed by atoms with Gasteiger partial charge >= 0.3 is 0 Å². The van der Waals surface area contributed by atoms with E-state index < -0.39 is 8.32 Å². The zero-order chi connectivity index (χ0) is 11.5. The van der Waals surface area contributed by atoms with E-state index >= 15 is 0 Å². The van der Waals surface area contributed by atoms with Crippen molar-refractivity contribution in [1.82, 2.24) is 0 Å². The van der Waals surface area contributed by atoms with Crippen LogP contribution >= 0.6 is 0 Å². The minimum atomic E-state index is -1.52. The summed E-state index contributed by atoms with van der Waals surface area (Å²) in [4.78, 5) is 0. The molecule has 2 heteroatoms. The highest BCUT2D eigenvalue weighted by molar-refractivity contribution is 6.74. The molecule has 0 aliphatic heterocycles. The lowest BCUT2D eigenvalue weighted by molar-refractivity contribution is 0.241. The highest BCUT2D eigenvalue weighted by Gasteiger charge is 2.37. The summed E-state index contributed by atoms with van der Waals surface area (Å²) in [6.45, 7) is 12.5. The number of hydrogen-bond donors (Lipinski definition) is 0. The zero-order valence-electron chi connectivity index (χ0n) is 11.0. The van der Waals surface area contributed by atoms with E-state index in [2.05, 4.69) is 46.0 Å². The van der Waals surface area contributed by atoms with Crippen molar-refractivity contribution in [2.75, 3.05) is 6.61 Å². The second kappa shape index (κ2) is 4.83. The number of rotatable bonds is 3. The van der Waals surface area contributed by atoms with Crippen LogP contribution < -0.4 is 0 Å². The van der Waals surface area contributed by atoms with E-state index in [1.54, 1.807) is 0 Å². The highest BCUT2D eigenvalue weighted by atomic mass is 28.4. The summed E-state index contributed by atoms with van der Waals surface area (Å²) < 4.78 is 6.22. The van der Waals surface area contributed by atoms with Gasteiger partial charge in [0.1, 0.15) is 0 Å². The van der Waals surface area contributed by atoms with Crippen LogP contribution in [0, 0.1) is 5.92 Å². The monoisotopic (exact) mass is 226 g/mol. The Hall–Kier alpha value is -0.0831. The van der Waals surface area contributed by atoms with Crippen molar-refractivity contribution in [3.05, 3.63) is 12.2 Å². The average Bonchev–Trinajstić information content (AvgIpc) is 2.15. The lowest BCUT2D eigenvalue weighted by Crippen LogP contribution is -2.41. The first-order valence-electron chi connectivity index (χ1n) is 6.13. The minimum Gasteiger partial charge on any atom is -0.416 e. The van der Waals surface area contributed by atoms with Crippen molar-refractivity contribution in [1.29, 1.82) is 0 Å². The molecule has 1 aliphatic carbocycles. The smallest absolute Gasteiger partial charge is 0.192 e. The second-order valence-electron chi connectivity index (χ2n) is 6.19. The van der Waals surface area contributed by atoms with Crippen LogP contribution in [-0.2, 0) is 4.43 Å². The molecule has 1 rings (SSSR count). The van der Waals surface area contributed by atoms with E-state index in [4.69, 9.17) is 4.43 Å². The predicted molar refractivity (Wildman–Crippen MR) is 69.6 cm³/mol. The Morgan fingerprint density at radius 1 is 1.33 bits per heavy atom. The van der Waals surface area contributed by atoms with Gasteiger partial charge in [-0.25, -0.2) is 0 Å². The van der Waals surface area contributed by atoms with Crippen LogP contribution in [0.4, 0.5) is 0 Å². The third kappa shape index (κ3) is 3.76. The molecular formula is C13H26OSi. The Bertz CT molecular complexity index is 225. The predicted octanol–water partition coefficient (Wildman–Crippen LogP) is 4.36. The molecule has 1 atom stereocenters. The first-order valence-corrected chi connectivity index (χ1v) is 9.04. The molecule has 0 fully saturated rings. The van der Waals surface area contributed by atoms with Crippen LogP contribution in [0.25, 0.3) is 0 Å². The molecule has 0 heterocycles. The average molecular weight is 226 g/mol. The third-order valence-corrected chi connectivity index (χ3v) is 8.32. The molecule has 0 spiro atoms. The maximum atomic E-state index is 6.22. The van der Waals surface area contributed by atoms with E-state index in [0.29, 0.717) is 11.0 Å². The SMILES string of the molecule is CC(C)(C)[Si](C)(C)OCC1C=CCCC1. The maximum absolute atomic E-state index is 6.22. The zero-order valence-corrected chi connectivity index (χ0v) is 12.0. The quantitative estimate of drug-likeness (QED) is 0.513. The number of hydrogen-bond acceptors (Lipinski definition) is 1. The molecule has 0 saturated carbocycles. The lowest BCUT2D eigenvalue weighted by atomic mass is 9.97. The molecule has 1 aliphatic rings. The van der Waals surface area contributed by atoms with Gasteiger partial charge in [0.2, 0.25) is 0 Å². The fraction of sp³-hybridized carbons (Fsp3) is 0.846. The Kier molecular flexibility index (Phi) is 4.18. The van der Waals surface area contributed by atoms with E-state index in [0.717, 1.165) is 6.61 Å². The van der Waals surface area contributed by atoms with Crippen LogP contribution in [0.2, 0.25) is 18.1 Å². The Morgan fingerprint density at radius 2 is 2.00 bits per heavy atom. The summed E-state index contributed by atoms with van der Waals surface area (Å²) in [7, 11) is -1.52. The first kappa shape index (κ1) is 13.0. The Labute approximate surface area is 96.0 Å². The van der Waals surface area contributed by atoms with Crippen molar-refractivity contribution in [2.45, 2.75) is 58.2 Å². The normalized spacial score (nSPS) is 23.1. The highest BCUT2D eigenvalue weighted by Crippen LogP contribution is 2.37. The van der Waals surface area contributed by atoms with Crippen molar-refractivity contribution >= 4 is 8.32 Å². The molecule has 0 amide bonds. The maximum Gasteiger partial charge on any atom is 0.192 e. The van der Waals surface area contributed by atoms with Crippen LogP contribution in [-0.4, -0.2) is 14.9 Å². The Balaban J connectivity index is 2.42. The molecule has 0 aromatic heterocycles. The van der Waals surface area contributed by atoms with Crippen LogP contribution in [0.15, 0.2) is 12.2 Å². The van der Waals surface area contributed by atoms with E-state index in [1.807, 2.05) is 0 Å². The van der Waals surface area contributed by atoms with Gasteiger partial charge in [0.25, 0.3) is 0 Å². The summed E-state index contributed by atoms with van der Waals surface area (Å²) in [5, 5.41) is 0.339. The summed E-state index contributed by atoms with van der Waals surface area (Å²) in [5.74, 6) is 0.674. The standard InChI is InChI=1S/C13H26OSi/c1-13(2,3)15(4,5)14-11-12-9-7-6-8-10-12/h7,9,12H,6,8,10-11H2,1-5H3. The van der Waals surface area contributed by atoms with Gasteiger partial charge in [0.15, 0.2) is 8.32 Å². The first-order chi connectivity index (χ1) is 6.83.